The number of nitrogens with one attached hydrogen (secondary N) is 1. The topological polar surface area (TPSA) is 78.9 Å². The van der Waals surface area contributed by atoms with Gasteiger partial charge in [0.15, 0.2) is 0 Å². The summed E-state index contributed by atoms with van der Waals surface area (Å²) in [7, 11) is 0. The van der Waals surface area contributed by atoms with E-state index in [0.717, 1.165) is 22.4 Å². The van der Waals surface area contributed by atoms with Gasteiger partial charge in [-0.25, -0.2) is 0 Å². The number of nitrogens with two attached hydrogens (primary N) is 1. The number of aryl methyl sites for hydroxylation is 1. The van der Waals surface area contributed by atoms with Gasteiger partial charge in [-0.1, -0.05) is 6.07 Å². The monoisotopic (exact) mass is 217 g/mol. The summed E-state index contributed by atoms with van der Waals surface area (Å²) in [6.07, 6.45) is -0.134. The molecule has 0 fully saturated rings. The number of amides is 1. The molecule has 0 radical (unpaired) electrons. The van der Waals surface area contributed by atoms with Gasteiger partial charge in [-0.2, -0.15) is 5.26 Å². The van der Waals surface area contributed by atoms with Crippen molar-refractivity contribution >= 4 is 11.6 Å². The molecule has 16 heavy (non-hydrogen) atoms. The molecule has 0 heterocycles. The first-order chi connectivity index (χ1) is 7.60. The number of rotatable bonds is 3. The molecule has 0 saturated heterocycles. The zero-order chi connectivity index (χ0) is 12.1. The molecule has 84 valence electrons. The van der Waals surface area contributed by atoms with E-state index in [0.29, 0.717) is 6.54 Å². The van der Waals surface area contributed by atoms with Crippen LogP contribution in [0.25, 0.3) is 0 Å². The van der Waals surface area contributed by atoms with Gasteiger partial charge in [0.2, 0.25) is 5.91 Å². The Balaban J connectivity index is 2.99. The van der Waals surface area contributed by atoms with Crippen molar-refractivity contribution in [1.82, 2.24) is 0 Å². The van der Waals surface area contributed by atoms with Crippen LogP contribution in [0.1, 0.15) is 23.1 Å². The largest absolute Gasteiger partial charge is 0.326 e. The Morgan fingerprint density at radius 3 is 2.75 bits per heavy atom. The quantitative estimate of drug-likeness (QED) is 0.807. The van der Waals surface area contributed by atoms with Crippen molar-refractivity contribution in [2.45, 2.75) is 26.8 Å². The van der Waals surface area contributed by atoms with E-state index in [9.17, 15) is 4.79 Å². The molecular formula is C12H15N3O. The molecule has 0 aromatic heterocycles. The van der Waals surface area contributed by atoms with E-state index in [4.69, 9.17) is 11.0 Å². The summed E-state index contributed by atoms with van der Waals surface area (Å²) in [5, 5.41) is 11.1. The lowest BCUT2D eigenvalue weighted by molar-refractivity contribution is -0.115. The maximum atomic E-state index is 11.3. The lowest BCUT2D eigenvalue weighted by atomic mass is 10.0. The number of carbonyl (C=O) groups is 1. The van der Waals surface area contributed by atoms with Crippen molar-refractivity contribution in [3.63, 3.8) is 0 Å². The summed E-state index contributed by atoms with van der Waals surface area (Å²) >= 11 is 0. The average molecular weight is 217 g/mol. The third kappa shape index (κ3) is 2.59. The highest BCUT2D eigenvalue weighted by atomic mass is 16.1. The maximum absolute atomic E-state index is 11.3. The van der Waals surface area contributed by atoms with Gasteiger partial charge in [-0.05, 0) is 36.6 Å². The Morgan fingerprint density at radius 2 is 2.19 bits per heavy atom. The summed E-state index contributed by atoms with van der Waals surface area (Å²) in [5.41, 5.74) is 9.49. The highest BCUT2D eigenvalue weighted by Gasteiger charge is 2.08. The molecule has 1 aromatic carbocycles. The van der Waals surface area contributed by atoms with Gasteiger partial charge in [0.25, 0.3) is 0 Å². The van der Waals surface area contributed by atoms with E-state index < -0.39 is 0 Å². The molecule has 0 saturated carbocycles. The molecule has 4 heteroatoms. The number of benzene rings is 1. The lowest BCUT2D eigenvalue weighted by Gasteiger charge is -2.13. The fourth-order valence-electron chi connectivity index (χ4n) is 1.61. The third-order valence-electron chi connectivity index (χ3n) is 2.55. The Labute approximate surface area is 95.1 Å². The van der Waals surface area contributed by atoms with Crippen LogP contribution in [0.4, 0.5) is 5.69 Å². The van der Waals surface area contributed by atoms with Crippen LogP contribution >= 0.6 is 0 Å². The molecule has 1 aromatic rings. The predicted octanol–water partition coefficient (Wildman–Crippen LogP) is 1.61. The van der Waals surface area contributed by atoms with Crippen LogP contribution in [-0.2, 0) is 11.3 Å². The Bertz CT molecular complexity index is 446. The summed E-state index contributed by atoms with van der Waals surface area (Å²) in [6, 6.07) is 5.56. The second kappa shape index (κ2) is 5.29. The SMILES string of the molecule is Cc1ccc(NC(=O)CC#N)c(C)c1CN. The molecule has 0 aliphatic rings. The van der Waals surface area contributed by atoms with Crippen LogP contribution in [-0.4, -0.2) is 5.91 Å². The van der Waals surface area contributed by atoms with Crippen LogP contribution in [0.3, 0.4) is 0 Å². The summed E-state index contributed by atoms with van der Waals surface area (Å²) in [6.45, 7) is 4.34. The summed E-state index contributed by atoms with van der Waals surface area (Å²) in [5.74, 6) is -0.294. The predicted molar refractivity (Wildman–Crippen MR) is 62.7 cm³/mol. The normalized spacial score (nSPS) is 9.62. The second-order valence-corrected chi connectivity index (χ2v) is 3.62. The number of anilines is 1. The van der Waals surface area contributed by atoms with Gasteiger partial charge in [-0.3, -0.25) is 4.79 Å². The van der Waals surface area contributed by atoms with E-state index in [1.807, 2.05) is 32.0 Å². The average Bonchev–Trinajstić information content (AvgIpc) is 2.23. The first-order valence-corrected chi connectivity index (χ1v) is 5.06. The van der Waals surface area contributed by atoms with Crippen molar-refractivity contribution in [2.75, 3.05) is 5.32 Å². The molecule has 1 rings (SSSR count). The van der Waals surface area contributed by atoms with Gasteiger partial charge in [-0.15, -0.1) is 0 Å². The molecule has 0 atom stereocenters. The van der Waals surface area contributed by atoms with Crippen LogP contribution in [0.2, 0.25) is 0 Å². The van der Waals surface area contributed by atoms with Crippen molar-refractivity contribution in [2.24, 2.45) is 5.73 Å². The Kier molecular flexibility index (Phi) is 4.03. The van der Waals surface area contributed by atoms with Gasteiger partial charge in [0, 0.05) is 12.2 Å². The zero-order valence-electron chi connectivity index (χ0n) is 9.50. The smallest absolute Gasteiger partial charge is 0.238 e. The molecule has 3 N–H and O–H groups in total. The Morgan fingerprint density at radius 1 is 1.50 bits per heavy atom. The minimum atomic E-state index is -0.294. The van der Waals surface area contributed by atoms with Gasteiger partial charge < -0.3 is 11.1 Å². The number of carbonyl (C=O) groups excluding carboxylic acids is 1. The third-order valence-corrected chi connectivity index (χ3v) is 2.55. The molecule has 1 amide bonds. The maximum Gasteiger partial charge on any atom is 0.238 e. The first kappa shape index (κ1) is 12.2. The number of hydrogen-bond donors (Lipinski definition) is 2. The molecule has 0 bridgehead atoms. The lowest BCUT2D eigenvalue weighted by Crippen LogP contribution is -2.13. The van der Waals surface area contributed by atoms with E-state index >= 15 is 0 Å². The van der Waals surface area contributed by atoms with E-state index in [2.05, 4.69) is 5.32 Å². The van der Waals surface area contributed by atoms with Crippen molar-refractivity contribution in [1.29, 1.82) is 5.26 Å². The number of hydrogen-bond acceptors (Lipinski definition) is 3. The van der Waals surface area contributed by atoms with Gasteiger partial charge in [0.05, 0.1) is 6.07 Å². The fourth-order valence-corrected chi connectivity index (χ4v) is 1.61. The van der Waals surface area contributed by atoms with E-state index in [1.54, 1.807) is 0 Å². The number of nitrogens with zero attached hydrogens (tertiary/aromatic N) is 1. The molecule has 0 unspecified atom stereocenters. The van der Waals surface area contributed by atoms with Crippen molar-refractivity contribution in [3.05, 3.63) is 28.8 Å². The fraction of sp³-hybridized carbons (Fsp3) is 0.333. The van der Waals surface area contributed by atoms with Gasteiger partial charge >= 0.3 is 0 Å². The van der Waals surface area contributed by atoms with Crippen LogP contribution in [0, 0.1) is 25.2 Å². The zero-order valence-corrected chi connectivity index (χ0v) is 9.50. The van der Waals surface area contributed by atoms with Crippen LogP contribution < -0.4 is 11.1 Å². The minimum Gasteiger partial charge on any atom is -0.326 e. The molecule has 0 spiro atoms. The Hall–Kier alpha value is -1.86. The molecular weight excluding hydrogens is 202 g/mol. The highest BCUT2D eigenvalue weighted by Crippen LogP contribution is 2.22. The summed E-state index contributed by atoms with van der Waals surface area (Å²) < 4.78 is 0. The highest BCUT2D eigenvalue weighted by molar-refractivity contribution is 5.93. The van der Waals surface area contributed by atoms with E-state index in [-0.39, 0.29) is 12.3 Å². The van der Waals surface area contributed by atoms with Crippen LogP contribution in [0.15, 0.2) is 12.1 Å². The number of nitriles is 1. The minimum absolute atomic E-state index is 0.134. The van der Waals surface area contributed by atoms with E-state index in [1.165, 1.54) is 0 Å². The first-order valence-electron chi connectivity index (χ1n) is 5.06. The summed E-state index contributed by atoms with van der Waals surface area (Å²) in [4.78, 5) is 11.3. The van der Waals surface area contributed by atoms with Crippen molar-refractivity contribution in [3.8, 4) is 6.07 Å². The van der Waals surface area contributed by atoms with Gasteiger partial charge in [0.1, 0.15) is 6.42 Å². The van der Waals surface area contributed by atoms with Crippen LogP contribution in [0.5, 0.6) is 0 Å². The molecule has 0 aliphatic carbocycles. The molecule has 0 aliphatic heterocycles. The second-order valence-electron chi connectivity index (χ2n) is 3.62. The van der Waals surface area contributed by atoms with Crippen molar-refractivity contribution < 1.29 is 4.79 Å². The molecule has 4 nitrogen and oxygen atoms in total. The standard InChI is InChI=1S/C12H15N3O/c1-8-3-4-11(9(2)10(8)7-14)15-12(16)5-6-13/h3-4H,5,7,14H2,1-2H3,(H,15,16).